The van der Waals surface area contributed by atoms with Gasteiger partial charge in [-0.1, -0.05) is 35.8 Å². The minimum absolute atomic E-state index is 0.0516. The van der Waals surface area contributed by atoms with Crippen LogP contribution in [0, 0.1) is 10.1 Å². The van der Waals surface area contributed by atoms with Crippen molar-refractivity contribution in [2.45, 2.75) is 19.8 Å². The van der Waals surface area contributed by atoms with Crippen LogP contribution >= 0.6 is 11.6 Å². The molecule has 0 aliphatic heterocycles. The summed E-state index contributed by atoms with van der Waals surface area (Å²) in [6, 6.07) is 12.8. The predicted molar refractivity (Wildman–Crippen MR) is 114 cm³/mol. The van der Waals surface area contributed by atoms with Crippen molar-refractivity contribution < 1.29 is 19.0 Å². The molecule has 31 heavy (non-hydrogen) atoms. The minimum Gasteiger partial charge on any atom is -0.484 e. The standard InChI is InChI=1S/C21H21ClN4O5/c1-2-11-25(20(27)14-30-18-8-6-16(22)7-9-18)12-10-19-23-21(24-31-19)15-4-3-5-17(13-15)26(28)29/h3-9,13H,2,10-12,14H2,1H3. The van der Waals surface area contributed by atoms with E-state index in [-0.39, 0.29) is 24.0 Å². The number of aromatic nitrogens is 2. The van der Waals surface area contributed by atoms with Crippen molar-refractivity contribution in [1.82, 2.24) is 15.0 Å². The summed E-state index contributed by atoms with van der Waals surface area (Å²) in [6.07, 6.45) is 1.14. The van der Waals surface area contributed by atoms with E-state index >= 15 is 0 Å². The zero-order valence-corrected chi connectivity index (χ0v) is 17.6. The molecule has 1 amide bonds. The number of rotatable bonds is 10. The third kappa shape index (κ3) is 6.26. The van der Waals surface area contributed by atoms with E-state index in [1.807, 2.05) is 6.92 Å². The Labute approximate surface area is 183 Å². The first-order chi connectivity index (χ1) is 15.0. The lowest BCUT2D eigenvalue weighted by Gasteiger charge is -2.21. The number of halogens is 1. The van der Waals surface area contributed by atoms with Gasteiger partial charge in [0.25, 0.3) is 11.6 Å². The average molecular weight is 445 g/mol. The van der Waals surface area contributed by atoms with E-state index in [0.29, 0.717) is 41.7 Å². The van der Waals surface area contributed by atoms with Crippen LogP contribution in [0.2, 0.25) is 5.02 Å². The van der Waals surface area contributed by atoms with Crippen LogP contribution < -0.4 is 4.74 Å². The van der Waals surface area contributed by atoms with Gasteiger partial charge in [0.1, 0.15) is 5.75 Å². The van der Waals surface area contributed by atoms with Gasteiger partial charge in [0, 0.05) is 42.2 Å². The number of hydrogen-bond acceptors (Lipinski definition) is 7. The fourth-order valence-electron chi connectivity index (χ4n) is 2.86. The predicted octanol–water partition coefficient (Wildman–Crippen LogP) is 4.16. The molecule has 0 saturated heterocycles. The lowest BCUT2D eigenvalue weighted by molar-refractivity contribution is -0.384. The van der Waals surface area contributed by atoms with E-state index in [0.717, 1.165) is 6.42 Å². The van der Waals surface area contributed by atoms with Crippen molar-refractivity contribution in [3.8, 4) is 17.1 Å². The third-order valence-corrected chi connectivity index (χ3v) is 4.65. The summed E-state index contributed by atoms with van der Waals surface area (Å²) in [4.78, 5) is 29.0. The van der Waals surface area contributed by atoms with Crippen LogP contribution in [0.25, 0.3) is 11.4 Å². The van der Waals surface area contributed by atoms with Crippen LogP contribution in [-0.4, -0.2) is 45.6 Å². The summed E-state index contributed by atoms with van der Waals surface area (Å²) in [6.45, 7) is 2.83. The molecule has 0 N–H and O–H groups in total. The Bertz CT molecular complexity index is 1040. The van der Waals surface area contributed by atoms with Crippen LogP contribution in [0.1, 0.15) is 19.2 Å². The maximum atomic E-state index is 12.6. The fraction of sp³-hybridized carbons (Fsp3) is 0.286. The summed E-state index contributed by atoms with van der Waals surface area (Å²) >= 11 is 5.85. The van der Waals surface area contributed by atoms with E-state index in [1.165, 1.54) is 12.1 Å². The Morgan fingerprint density at radius 3 is 2.71 bits per heavy atom. The molecule has 0 aliphatic carbocycles. The molecular formula is C21H21ClN4O5. The molecule has 0 fully saturated rings. The zero-order chi connectivity index (χ0) is 22.2. The molecule has 1 heterocycles. The van der Waals surface area contributed by atoms with E-state index in [9.17, 15) is 14.9 Å². The van der Waals surface area contributed by atoms with Crippen molar-refractivity contribution in [2.24, 2.45) is 0 Å². The van der Waals surface area contributed by atoms with Crippen LogP contribution in [0.5, 0.6) is 5.75 Å². The maximum absolute atomic E-state index is 12.6. The van der Waals surface area contributed by atoms with Crippen molar-refractivity contribution >= 4 is 23.2 Å². The Morgan fingerprint density at radius 1 is 1.23 bits per heavy atom. The molecule has 0 spiro atoms. The number of carbonyl (C=O) groups is 1. The number of carbonyl (C=O) groups excluding carboxylic acids is 1. The Hall–Kier alpha value is -3.46. The molecule has 3 rings (SSSR count). The van der Waals surface area contributed by atoms with Gasteiger partial charge in [0.2, 0.25) is 11.7 Å². The molecule has 3 aromatic rings. The first-order valence-electron chi connectivity index (χ1n) is 9.70. The topological polar surface area (TPSA) is 112 Å². The zero-order valence-electron chi connectivity index (χ0n) is 16.9. The van der Waals surface area contributed by atoms with Crippen molar-refractivity contribution in [1.29, 1.82) is 0 Å². The molecular weight excluding hydrogens is 424 g/mol. The first-order valence-corrected chi connectivity index (χ1v) is 10.1. The van der Waals surface area contributed by atoms with Crippen LogP contribution in [0.15, 0.2) is 53.1 Å². The van der Waals surface area contributed by atoms with Gasteiger partial charge in [-0.2, -0.15) is 4.98 Å². The highest BCUT2D eigenvalue weighted by Gasteiger charge is 2.17. The van der Waals surface area contributed by atoms with E-state index in [4.69, 9.17) is 20.9 Å². The molecule has 0 aliphatic rings. The van der Waals surface area contributed by atoms with E-state index < -0.39 is 4.92 Å². The van der Waals surface area contributed by atoms with Gasteiger partial charge in [-0.15, -0.1) is 0 Å². The first kappa shape index (κ1) is 22.2. The number of nitro groups is 1. The molecule has 10 heteroatoms. The average Bonchev–Trinajstić information content (AvgIpc) is 3.25. The van der Waals surface area contributed by atoms with Crippen molar-refractivity contribution in [3.05, 3.63) is 69.6 Å². The van der Waals surface area contributed by atoms with Crippen LogP contribution in [-0.2, 0) is 11.2 Å². The molecule has 0 bridgehead atoms. The molecule has 9 nitrogen and oxygen atoms in total. The number of benzene rings is 2. The van der Waals surface area contributed by atoms with E-state index in [1.54, 1.807) is 41.3 Å². The normalized spacial score (nSPS) is 10.6. The lowest BCUT2D eigenvalue weighted by atomic mass is 10.2. The number of nitro benzene ring substituents is 1. The van der Waals surface area contributed by atoms with Gasteiger partial charge in [0.15, 0.2) is 6.61 Å². The monoisotopic (exact) mass is 444 g/mol. The fourth-order valence-corrected chi connectivity index (χ4v) is 2.99. The Morgan fingerprint density at radius 2 is 2.00 bits per heavy atom. The SMILES string of the molecule is CCCN(CCc1nc(-c2cccc([N+](=O)[O-])c2)no1)C(=O)COc1ccc(Cl)cc1. The second-order valence-corrected chi connectivity index (χ2v) is 7.13. The van der Waals surface area contributed by atoms with Gasteiger partial charge in [-0.25, -0.2) is 0 Å². The van der Waals surface area contributed by atoms with Gasteiger partial charge in [0.05, 0.1) is 4.92 Å². The van der Waals surface area contributed by atoms with Gasteiger partial charge in [-0.3, -0.25) is 14.9 Å². The van der Waals surface area contributed by atoms with Gasteiger partial charge < -0.3 is 14.2 Å². The lowest BCUT2D eigenvalue weighted by Crippen LogP contribution is -2.37. The third-order valence-electron chi connectivity index (χ3n) is 4.40. The molecule has 0 saturated carbocycles. The summed E-state index contributed by atoms with van der Waals surface area (Å²) in [7, 11) is 0. The number of hydrogen-bond donors (Lipinski definition) is 0. The Kier molecular flexibility index (Phi) is 7.55. The molecule has 0 atom stereocenters. The largest absolute Gasteiger partial charge is 0.484 e. The highest BCUT2D eigenvalue weighted by atomic mass is 35.5. The molecule has 0 unspecified atom stereocenters. The minimum atomic E-state index is -0.481. The molecule has 0 radical (unpaired) electrons. The van der Waals surface area contributed by atoms with Gasteiger partial charge >= 0.3 is 0 Å². The second-order valence-electron chi connectivity index (χ2n) is 6.69. The molecule has 1 aromatic heterocycles. The number of non-ortho nitro benzene ring substituents is 1. The van der Waals surface area contributed by atoms with Crippen LogP contribution in [0.3, 0.4) is 0 Å². The molecule has 2 aromatic carbocycles. The highest BCUT2D eigenvalue weighted by Crippen LogP contribution is 2.21. The summed E-state index contributed by atoms with van der Waals surface area (Å²) < 4.78 is 10.8. The molecule has 162 valence electrons. The quantitative estimate of drug-likeness (QED) is 0.341. The van der Waals surface area contributed by atoms with Crippen molar-refractivity contribution in [3.63, 3.8) is 0 Å². The summed E-state index contributed by atoms with van der Waals surface area (Å²) in [5.74, 6) is 1.01. The maximum Gasteiger partial charge on any atom is 0.270 e. The van der Waals surface area contributed by atoms with Crippen molar-refractivity contribution in [2.75, 3.05) is 19.7 Å². The number of amides is 1. The number of ether oxygens (including phenoxy) is 1. The summed E-state index contributed by atoms with van der Waals surface area (Å²) in [5.41, 5.74) is 0.436. The summed E-state index contributed by atoms with van der Waals surface area (Å²) in [5, 5.41) is 15.4. The van der Waals surface area contributed by atoms with E-state index in [2.05, 4.69) is 10.1 Å². The highest BCUT2D eigenvalue weighted by molar-refractivity contribution is 6.30. The smallest absolute Gasteiger partial charge is 0.270 e. The van der Waals surface area contributed by atoms with Crippen LogP contribution in [0.4, 0.5) is 5.69 Å². The van der Waals surface area contributed by atoms with Gasteiger partial charge in [-0.05, 0) is 30.7 Å². The second kappa shape index (κ2) is 10.5. The Balaban J connectivity index is 1.58. The number of nitrogens with zero attached hydrogens (tertiary/aromatic N) is 4.